The van der Waals surface area contributed by atoms with Gasteiger partial charge >= 0.3 is 0 Å². The van der Waals surface area contributed by atoms with E-state index in [9.17, 15) is 4.79 Å². The fourth-order valence-electron chi connectivity index (χ4n) is 2.46. The molecule has 112 valence electrons. The Kier molecular flexibility index (Phi) is 5.61. The van der Waals surface area contributed by atoms with E-state index in [1.165, 1.54) is 12.8 Å². The molecule has 0 radical (unpaired) electrons. The number of piperidine rings is 1. The summed E-state index contributed by atoms with van der Waals surface area (Å²) in [6.07, 6.45) is 4.24. The minimum Gasteiger partial charge on any atom is -0.487 e. The molecule has 20 heavy (non-hydrogen) atoms. The van der Waals surface area contributed by atoms with Gasteiger partial charge in [0.25, 0.3) is 5.56 Å². The summed E-state index contributed by atoms with van der Waals surface area (Å²) in [5, 5.41) is 3.38. The van der Waals surface area contributed by atoms with E-state index in [-0.39, 0.29) is 5.56 Å². The predicted molar refractivity (Wildman–Crippen MR) is 80.3 cm³/mol. The summed E-state index contributed by atoms with van der Waals surface area (Å²) in [5.41, 5.74) is -0.0168. The van der Waals surface area contributed by atoms with Crippen LogP contribution in [0.1, 0.15) is 12.8 Å². The summed E-state index contributed by atoms with van der Waals surface area (Å²) in [6.45, 7) is 4.21. The van der Waals surface area contributed by atoms with Crippen LogP contribution in [0.4, 0.5) is 0 Å². The zero-order valence-corrected chi connectivity index (χ0v) is 12.5. The Balaban J connectivity index is 1.97. The average Bonchev–Trinajstić information content (AvgIpc) is 2.44. The number of rotatable bonds is 6. The fourth-order valence-corrected chi connectivity index (χ4v) is 2.46. The van der Waals surface area contributed by atoms with Crippen LogP contribution in [0.2, 0.25) is 0 Å². The molecule has 0 aliphatic carbocycles. The molecule has 1 fully saturated rings. The first-order chi connectivity index (χ1) is 9.66. The van der Waals surface area contributed by atoms with Crippen molar-refractivity contribution in [3.63, 3.8) is 0 Å². The second kappa shape index (κ2) is 7.45. The minimum absolute atomic E-state index is 0.0168. The number of aromatic nitrogens is 1. The molecule has 5 nitrogen and oxygen atoms in total. The Morgan fingerprint density at radius 3 is 3.05 bits per heavy atom. The molecule has 0 spiro atoms. The third-order valence-electron chi connectivity index (χ3n) is 3.64. The molecule has 5 heteroatoms. The zero-order chi connectivity index (χ0) is 14.4. The smallest absolute Gasteiger partial charge is 0.292 e. The number of hydrogen-bond donors (Lipinski definition) is 1. The molecule has 1 aromatic rings. The summed E-state index contributed by atoms with van der Waals surface area (Å²) < 4.78 is 7.37. The van der Waals surface area contributed by atoms with Crippen molar-refractivity contribution in [2.24, 2.45) is 5.92 Å². The third-order valence-corrected chi connectivity index (χ3v) is 3.64. The van der Waals surface area contributed by atoms with Gasteiger partial charge in [-0.3, -0.25) is 4.79 Å². The summed E-state index contributed by atoms with van der Waals surface area (Å²) >= 11 is 0. The maximum Gasteiger partial charge on any atom is 0.292 e. The lowest BCUT2D eigenvalue weighted by Gasteiger charge is -2.23. The maximum absolute atomic E-state index is 12.3. The maximum atomic E-state index is 12.3. The van der Waals surface area contributed by atoms with Crippen molar-refractivity contribution in [1.82, 2.24) is 14.8 Å². The summed E-state index contributed by atoms with van der Waals surface area (Å²) in [6, 6.07) is 3.65. The van der Waals surface area contributed by atoms with E-state index in [4.69, 9.17) is 4.74 Å². The number of likely N-dealkylation sites (N-methyl/N-ethyl adjacent to an activating group) is 1. The monoisotopic (exact) mass is 279 g/mol. The summed E-state index contributed by atoms with van der Waals surface area (Å²) in [4.78, 5) is 14.4. The van der Waals surface area contributed by atoms with E-state index in [1.807, 2.05) is 31.3 Å². The number of hydrogen-bond acceptors (Lipinski definition) is 4. The van der Waals surface area contributed by atoms with Gasteiger partial charge in [-0.1, -0.05) is 0 Å². The highest BCUT2D eigenvalue weighted by Gasteiger charge is 2.15. The second-order valence-corrected chi connectivity index (χ2v) is 5.69. The lowest BCUT2D eigenvalue weighted by Crippen LogP contribution is -2.34. The Bertz CT molecular complexity index is 464. The molecular formula is C15H25N3O2. The molecule has 1 aromatic heterocycles. The number of nitrogens with zero attached hydrogens (tertiary/aromatic N) is 2. The quantitative estimate of drug-likeness (QED) is 0.836. The van der Waals surface area contributed by atoms with Gasteiger partial charge in [-0.2, -0.15) is 0 Å². The van der Waals surface area contributed by atoms with Crippen LogP contribution in [-0.4, -0.2) is 49.8 Å². The number of pyridine rings is 1. The Labute approximate surface area is 120 Å². The molecule has 1 saturated heterocycles. The predicted octanol–water partition coefficient (Wildman–Crippen LogP) is 0.788. The lowest BCUT2D eigenvalue weighted by atomic mass is 10.00. The van der Waals surface area contributed by atoms with Crippen LogP contribution < -0.4 is 15.6 Å². The van der Waals surface area contributed by atoms with E-state index in [1.54, 1.807) is 10.6 Å². The normalized spacial score (nSPS) is 19.2. The molecule has 1 aliphatic heterocycles. The first-order valence-electron chi connectivity index (χ1n) is 7.34. The van der Waals surface area contributed by atoms with Crippen molar-refractivity contribution in [1.29, 1.82) is 0 Å². The van der Waals surface area contributed by atoms with Gasteiger partial charge in [0.05, 0.1) is 0 Å². The molecule has 0 aromatic carbocycles. The summed E-state index contributed by atoms with van der Waals surface area (Å²) in [7, 11) is 3.98. The Morgan fingerprint density at radius 1 is 1.50 bits per heavy atom. The zero-order valence-electron chi connectivity index (χ0n) is 12.5. The molecular weight excluding hydrogens is 254 g/mol. The molecule has 2 heterocycles. The molecule has 1 unspecified atom stereocenters. The van der Waals surface area contributed by atoms with E-state index in [0.29, 0.717) is 18.3 Å². The largest absolute Gasteiger partial charge is 0.487 e. The van der Waals surface area contributed by atoms with Crippen molar-refractivity contribution in [3.05, 3.63) is 28.7 Å². The SMILES string of the molecule is CN(C)CCOc1cccn(CC2CCCNC2)c1=O. The van der Waals surface area contributed by atoms with E-state index >= 15 is 0 Å². The second-order valence-electron chi connectivity index (χ2n) is 5.69. The van der Waals surface area contributed by atoms with Crippen LogP contribution in [0.3, 0.4) is 0 Å². The van der Waals surface area contributed by atoms with E-state index < -0.39 is 0 Å². The highest BCUT2D eigenvalue weighted by atomic mass is 16.5. The fraction of sp³-hybridized carbons (Fsp3) is 0.667. The number of ether oxygens (including phenoxy) is 1. The standard InChI is InChI=1S/C15H25N3O2/c1-17(2)9-10-20-14-6-4-8-18(15(14)19)12-13-5-3-7-16-11-13/h4,6,8,13,16H,3,5,7,9-12H2,1-2H3. The van der Waals surface area contributed by atoms with Gasteiger partial charge < -0.3 is 19.5 Å². The van der Waals surface area contributed by atoms with Crippen LogP contribution in [0.5, 0.6) is 5.75 Å². The Morgan fingerprint density at radius 2 is 2.35 bits per heavy atom. The molecule has 1 aliphatic rings. The minimum atomic E-state index is -0.0168. The van der Waals surface area contributed by atoms with Crippen LogP contribution >= 0.6 is 0 Å². The first-order valence-corrected chi connectivity index (χ1v) is 7.34. The van der Waals surface area contributed by atoms with Gasteiger partial charge in [-0.25, -0.2) is 0 Å². The van der Waals surface area contributed by atoms with Crippen LogP contribution in [0.25, 0.3) is 0 Å². The molecule has 1 N–H and O–H groups in total. The Hall–Kier alpha value is -1.33. The molecule has 0 amide bonds. The molecule has 1 atom stereocenters. The third kappa shape index (κ3) is 4.35. The van der Waals surface area contributed by atoms with Gasteiger partial charge in [0.15, 0.2) is 5.75 Å². The van der Waals surface area contributed by atoms with Gasteiger partial charge in [0, 0.05) is 19.3 Å². The average molecular weight is 279 g/mol. The molecule has 2 rings (SSSR count). The van der Waals surface area contributed by atoms with Gasteiger partial charge in [0.1, 0.15) is 6.61 Å². The van der Waals surface area contributed by atoms with Crippen molar-refractivity contribution >= 4 is 0 Å². The first kappa shape index (κ1) is 15.1. The van der Waals surface area contributed by atoms with Crippen LogP contribution in [-0.2, 0) is 6.54 Å². The highest BCUT2D eigenvalue weighted by molar-refractivity contribution is 5.17. The van der Waals surface area contributed by atoms with Gasteiger partial charge in [-0.05, 0) is 58.1 Å². The van der Waals surface area contributed by atoms with Crippen molar-refractivity contribution in [2.45, 2.75) is 19.4 Å². The van der Waals surface area contributed by atoms with Crippen molar-refractivity contribution in [2.75, 3.05) is 40.3 Å². The number of nitrogens with one attached hydrogen (secondary N) is 1. The van der Waals surface area contributed by atoms with E-state index in [0.717, 1.165) is 26.2 Å². The summed E-state index contributed by atoms with van der Waals surface area (Å²) in [5.74, 6) is 0.997. The van der Waals surface area contributed by atoms with Gasteiger partial charge in [0.2, 0.25) is 0 Å². The molecule has 0 bridgehead atoms. The highest BCUT2D eigenvalue weighted by Crippen LogP contribution is 2.12. The van der Waals surface area contributed by atoms with E-state index in [2.05, 4.69) is 5.32 Å². The van der Waals surface area contributed by atoms with Crippen LogP contribution in [0.15, 0.2) is 23.1 Å². The van der Waals surface area contributed by atoms with Crippen molar-refractivity contribution in [3.8, 4) is 5.75 Å². The lowest BCUT2D eigenvalue weighted by molar-refractivity contribution is 0.255. The van der Waals surface area contributed by atoms with Gasteiger partial charge in [-0.15, -0.1) is 0 Å². The topological polar surface area (TPSA) is 46.5 Å². The van der Waals surface area contributed by atoms with Crippen LogP contribution in [0, 0.1) is 5.92 Å². The molecule has 0 saturated carbocycles. The van der Waals surface area contributed by atoms with Crippen molar-refractivity contribution < 1.29 is 4.74 Å².